The summed E-state index contributed by atoms with van der Waals surface area (Å²) in [5.74, 6) is 0.339. The SMILES string of the molecule is O=c1cc(-c2ccc(O)cc2)oc2cc(S)cc(O)c12. The van der Waals surface area contributed by atoms with Gasteiger partial charge in [0, 0.05) is 16.5 Å². The maximum atomic E-state index is 12.1. The lowest BCUT2D eigenvalue weighted by Gasteiger charge is -2.05. The molecule has 0 aliphatic rings. The van der Waals surface area contributed by atoms with E-state index in [-0.39, 0.29) is 27.9 Å². The van der Waals surface area contributed by atoms with Gasteiger partial charge in [-0.3, -0.25) is 4.79 Å². The third kappa shape index (κ3) is 2.12. The fourth-order valence-electron chi connectivity index (χ4n) is 2.02. The molecule has 5 heteroatoms. The van der Waals surface area contributed by atoms with Crippen LogP contribution in [0.1, 0.15) is 0 Å². The Balaban J connectivity index is 2.29. The summed E-state index contributed by atoms with van der Waals surface area (Å²) in [6, 6.07) is 10.6. The van der Waals surface area contributed by atoms with Crippen molar-refractivity contribution in [1.82, 2.24) is 0 Å². The number of phenols is 2. The van der Waals surface area contributed by atoms with E-state index >= 15 is 0 Å². The van der Waals surface area contributed by atoms with Crippen LogP contribution < -0.4 is 5.43 Å². The zero-order valence-corrected chi connectivity index (χ0v) is 11.1. The van der Waals surface area contributed by atoms with Gasteiger partial charge < -0.3 is 14.6 Å². The van der Waals surface area contributed by atoms with Crippen LogP contribution in [0.2, 0.25) is 0 Å². The lowest BCUT2D eigenvalue weighted by Crippen LogP contribution is -2.00. The van der Waals surface area contributed by atoms with Crippen LogP contribution in [0, 0.1) is 0 Å². The number of hydrogen-bond donors (Lipinski definition) is 3. The van der Waals surface area contributed by atoms with Crippen LogP contribution in [0.5, 0.6) is 11.5 Å². The van der Waals surface area contributed by atoms with Gasteiger partial charge in [0.05, 0.1) is 0 Å². The summed E-state index contributed by atoms with van der Waals surface area (Å²) in [5, 5.41) is 19.2. The Morgan fingerprint density at radius 3 is 2.40 bits per heavy atom. The van der Waals surface area contributed by atoms with Crippen LogP contribution in [0.15, 0.2) is 56.6 Å². The van der Waals surface area contributed by atoms with Gasteiger partial charge in [0.2, 0.25) is 0 Å². The third-order valence-corrected chi connectivity index (χ3v) is 3.20. The van der Waals surface area contributed by atoms with E-state index in [2.05, 4.69) is 12.6 Å². The van der Waals surface area contributed by atoms with Gasteiger partial charge in [-0.25, -0.2) is 0 Å². The van der Waals surface area contributed by atoms with Crippen molar-refractivity contribution in [2.75, 3.05) is 0 Å². The zero-order valence-electron chi connectivity index (χ0n) is 10.2. The Morgan fingerprint density at radius 1 is 1.00 bits per heavy atom. The van der Waals surface area contributed by atoms with Crippen molar-refractivity contribution < 1.29 is 14.6 Å². The second-order valence-corrected chi connectivity index (χ2v) is 4.88. The molecule has 0 amide bonds. The van der Waals surface area contributed by atoms with Gasteiger partial charge in [-0.1, -0.05) is 0 Å². The van der Waals surface area contributed by atoms with Gasteiger partial charge in [0.15, 0.2) is 5.43 Å². The summed E-state index contributed by atoms with van der Waals surface area (Å²) in [5.41, 5.74) is 0.594. The Morgan fingerprint density at radius 2 is 1.70 bits per heavy atom. The van der Waals surface area contributed by atoms with Gasteiger partial charge in [-0.05, 0) is 36.4 Å². The molecule has 0 aliphatic carbocycles. The molecule has 0 saturated heterocycles. The smallest absolute Gasteiger partial charge is 0.197 e. The standard InChI is InChI=1S/C15H10O4S/c16-9-3-1-8(2-4-9)13-7-12(18)15-11(17)5-10(20)6-14(15)19-13/h1-7,16-17,20H. The molecule has 1 heterocycles. The first-order chi connectivity index (χ1) is 9.54. The van der Waals surface area contributed by atoms with Crippen LogP contribution >= 0.6 is 12.6 Å². The number of thiol groups is 1. The van der Waals surface area contributed by atoms with Crippen LogP contribution in [-0.2, 0) is 0 Å². The van der Waals surface area contributed by atoms with E-state index < -0.39 is 0 Å². The molecule has 2 aromatic carbocycles. The van der Waals surface area contributed by atoms with Crippen molar-refractivity contribution in [3.63, 3.8) is 0 Å². The largest absolute Gasteiger partial charge is 0.508 e. The molecule has 0 bridgehead atoms. The lowest BCUT2D eigenvalue weighted by atomic mass is 10.1. The van der Waals surface area contributed by atoms with E-state index in [0.29, 0.717) is 16.2 Å². The number of benzene rings is 2. The Kier molecular flexibility index (Phi) is 2.91. The number of fused-ring (bicyclic) bond motifs is 1. The predicted octanol–water partition coefficient (Wildman–Crippen LogP) is 3.16. The molecule has 0 fully saturated rings. The van der Waals surface area contributed by atoms with E-state index in [1.54, 1.807) is 18.2 Å². The molecule has 2 N–H and O–H groups in total. The quantitative estimate of drug-likeness (QED) is 0.601. The minimum absolute atomic E-state index is 0.130. The average Bonchev–Trinajstić information content (AvgIpc) is 2.38. The molecule has 1 aromatic heterocycles. The molecular formula is C15H10O4S. The molecule has 3 aromatic rings. The highest BCUT2D eigenvalue weighted by Crippen LogP contribution is 2.29. The van der Waals surface area contributed by atoms with Gasteiger partial charge in [-0.15, -0.1) is 12.6 Å². The first kappa shape index (κ1) is 12.6. The maximum Gasteiger partial charge on any atom is 0.197 e. The van der Waals surface area contributed by atoms with E-state index in [1.165, 1.54) is 24.3 Å². The number of phenolic OH excluding ortho intramolecular Hbond substituents is 2. The van der Waals surface area contributed by atoms with Gasteiger partial charge in [0.1, 0.15) is 28.2 Å². The summed E-state index contributed by atoms with van der Waals surface area (Å²) in [6.07, 6.45) is 0. The highest BCUT2D eigenvalue weighted by molar-refractivity contribution is 7.80. The van der Waals surface area contributed by atoms with Crippen LogP contribution in [-0.4, -0.2) is 10.2 Å². The highest BCUT2D eigenvalue weighted by atomic mass is 32.1. The first-order valence-electron chi connectivity index (χ1n) is 5.84. The molecule has 100 valence electrons. The lowest BCUT2D eigenvalue weighted by molar-refractivity contribution is 0.475. The van der Waals surface area contributed by atoms with E-state index in [4.69, 9.17) is 4.42 Å². The van der Waals surface area contributed by atoms with Crippen molar-refractivity contribution in [3.05, 3.63) is 52.7 Å². The molecule has 3 rings (SSSR count). The maximum absolute atomic E-state index is 12.1. The predicted molar refractivity (Wildman–Crippen MR) is 78.5 cm³/mol. The van der Waals surface area contributed by atoms with E-state index in [9.17, 15) is 15.0 Å². The fraction of sp³-hybridized carbons (Fsp3) is 0. The van der Waals surface area contributed by atoms with Crippen LogP contribution in [0.25, 0.3) is 22.3 Å². The van der Waals surface area contributed by atoms with Crippen molar-refractivity contribution in [2.45, 2.75) is 4.90 Å². The molecule has 0 aliphatic heterocycles. The number of hydrogen-bond acceptors (Lipinski definition) is 5. The minimum Gasteiger partial charge on any atom is -0.508 e. The monoisotopic (exact) mass is 286 g/mol. The molecule has 0 atom stereocenters. The molecule has 0 spiro atoms. The van der Waals surface area contributed by atoms with E-state index in [0.717, 1.165) is 0 Å². The summed E-state index contributed by atoms with van der Waals surface area (Å²) in [7, 11) is 0. The normalized spacial score (nSPS) is 10.8. The van der Waals surface area contributed by atoms with Crippen molar-refractivity contribution >= 4 is 23.6 Å². The van der Waals surface area contributed by atoms with Crippen molar-refractivity contribution in [3.8, 4) is 22.8 Å². The molecule has 20 heavy (non-hydrogen) atoms. The van der Waals surface area contributed by atoms with Gasteiger partial charge in [-0.2, -0.15) is 0 Å². The Hall–Kier alpha value is -2.40. The fourth-order valence-corrected chi connectivity index (χ4v) is 2.26. The second kappa shape index (κ2) is 4.61. The van der Waals surface area contributed by atoms with Crippen molar-refractivity contribution in [1.29, 1.82) is 0 Å². The molecular weight excluding hydrogens is 276 g/mol. The van der Waals surface area contributed by atoms with Crippen LogP contribution in [0.4, 0.5) is 0 Å². The summed E-state index contributed by atoms with van der Waals surface area (Å²) >= 11 is 4.14. The highest BCUT2D eigenvalue weighted by Gasteiger charge is 2.11. The first-order valence-corrected chi connectivity index (χ1v) is 6.28. The van der Waals surface area contributed by atoms with Gasteiger partial charge in [0.25, 0.3) is 0 Å². The molecule has 0 unspecified atom stereocenters. The molecule has 4 nitrogen and oxygen atoms in total. The van der Waals surface area contributed by atoms with Crippen LogP contribution in [0.3, 0.4) is 0 Å². The Labute approximate surface area is 119 Å². The summed E-state index contributed by atoms with van der Waals surface area (Å²) < 4.78 is 5.64. The molecule has 0 saturated carbocycles. The second-order valence-electron chi connectivity index (χ2n) is 4.36. The van der Waals surface area contributed by atoms with E-state index in [1.807, 2.05) is 0 Å². The zero-order chi connectivity index (χ0) is 14.3. The summed E-state index contributed by atoms with van der Waals surface area (Å²) in [4.78, 5) is 12.6. The Bertz CT molecular complexity index is 850. The third-order valence-electron chi connectivity index (χ3n) is 2.95. The minimum atomic E-state index is -0.333. The van der Waals surface area contributed by atoms with Crippen molar-refractivity contribution in [2.24, 2.45) is 0 Å². The molecule has 0 radical (unpaired) electrons. The summed E-state index contributed by atoms with van der Waals surface area (Å²) in [6.45, 7) is 0. The topological polar surface area (TPSA) is 70.7 Å². The number of rotatable bonds is 1. The number of aromatic hydroxyl groups is 2. The van der Waals surface area contributed by atoms with Gasteiger partial charge >= 0.3 is 0 Å². The average molecular weight is 286 g/mol.